The Balaban J connectivity index is 2.71. The van der Waals surface area contributed by atoms with Crippen LogP contribution in [0, 0.1) is 17.6 Å². The van der Waals surface area contributed by atoms with Crippen LogP contribution in [0.3, 0.4) is 0 Å². The largest absolute Gasteiger partial charge is 0.481 e. The summed E-state index contributed by atoms with van der Waals surface area (Å²) in [4.78, 5) is 23.2. The van der Waals surface area contributed by atoms with E-state index in [0.717, 1.165) is 25.0 Å². The number of aliphatic carboxylic acids is 1. The number of carbonyl (C=O) groups excluding carboxylic acids is 1. The van der Waals surface area contributed by atoms with Crippen molar-refractivity contribution >= 4 is 11.8 Å². The van der Waals surface area contributed by atoms with Crippen LogP contribution in [-0.2, 0) is 16.0 Å². The van der Waals surface area contributed by atoms with E-state index in [4.69, 9.17) is 5.73 Å². The number of carboxylic acid groups (broad SMARTS) is 1. The first-order chi connectivity index (χ1) is 10.3. The first-order valence-electron chi connectivity index (χ1n) is 7.30. The summed E-state index contributed by atoms with van der Waals surface area (Å²) in [6.45, 7) is 1.97. The van der Waals surface area contributed by atoms with Gasteiger partial charge in [-0.2, -0.15) is 0 Å². The number of carboxylic acids is 1. The zero-order valence-corrected chi connectivity index (χ0v) is 12.5. The van der Waals surface area contributed by atoms with Gasteiger partial charge in [-0.1, -0.05) is 25.8 Å². The topological polar surface area (TPSA) is 80.4 Å². The average molecular weight is 313 g/mol. The van der Waals surface area contributed by atoms with Crippen LogP contribution < -0.4 is 5.73 Å². The fourth-order valence-corrected chi connectivity index (χ4v) is 2.18. The third-order valence-electron chi connectivity index (χ3n) is 3.55. The van der Waals surface area contributed by atoms with E-state index in [1.807, 2.05) is 6.92 Å². The Bertz CT molecular complexity index is 534. The van der Waals surface area contributed by atoms with Gasteiger partial charge in [0.25, 0.3) is 0 Å². The van der Waals surface area contributed by atoms with Crippen LogP contribution in [0.5, 0.6) is 0 Å². The first-order valence-corrected chi connectivity index (χ1v) is 7.30. The minimum atomic E-state index is -1.15. The Kier molecular flexibility index (Phi) is 7.11. The highest BCUT2D eigenvalue weighted by Gasteiger charge is 2.25. The maximum absolute atomic E-state index is 13.2. The molecule has 122 valence electrons. The minimum absolute atomic E-state index is 0.0429. The summed E-state index contributed by atoms with van der Waals surface area (Å²) in [6.07, 6.45) is 1.97. The number of benzene rings is 1. The lowest BCUT2D eigenvalue weighted by Crippen LogP contribution is -2.33. The van der Waals surface area contributed by atoms with E-state index in [0.29, 0.717) is 12.0 Å². The third-order valence-corrected chi connectivity index (χ3v) is 3.55. The molecule has 0 fully saturated rings. The summed E-state index contributed by atoms with van der Waals surface area (Å²) >= 11 is 0. The van der Waals surface area contributed by atoms with E-state index in [9.17, 15) is 23.5 Å². The summed E-state index contributed by atoms with van der Waals surface area (Å²) in [6, 6.07) is 2.54. The highest BCUT2D eigenvalue weighted by Crippen LogP contribution is 2.17. The molecule has 0 aromatic heterocycles. The van der Waals surface area contributed by atoms with Gasteiger partial charge in [0.15, 0.2) is 11.6 Å². The molecule has 1 aromatic rings. The van der Waals surface area contributed by atoms with Crippen LogP contribution in [0.15, 0.2) is 18.2 Å². The van der Waals surface area contributed by atoms with E-state index in [1.54, 1.807) is 0 Å². The molecule has 3 N–H and O–H groups in total. The smallest absolute Gasteiger partial charge is 0.307 e. The van der Waals surface area contributed by atoms with Crippen molar-refractivity contribution in [1.82, 2.24) is 0 Å². The maximum Gasteiger partial charge on any atom is 0.307 e. The summed E-state index contributed by atoms with van der Waals surface area (Å²) < 4.78 is 26.0. The Labute approximate surface area is 128 Å². The van der Waals surface area contributed by atoms with Crippen LogP contribution in [0.1, 0.15) is 38.2 Å². The molecule has 0 heterocycles. The van der Waals surface area contributed by atoms with Crippen LogP contribution in [0.4, 0.5) is 8.78 Å². The number of ketones is 1. The highest BCUT2D eigenvalue weighted by atomic mass is 19.2. The SMILES string of the molecule is CCCC[C@H](N)C(=O)CC(Cc1ccc(F)c(F)c1)C(=O)O. The van der Waals surface area contributed by atoms with Gasteiger partial charge in [-0.05, 0) is 30.5 Å². The van der Waals surface area contributed by atoms with Gasteiger partial charge in [-0.15, -0.1) is 0 Å². The highest BCUT2D eigenvalue weighted by molar-refractivity contribution is 5.87. The predicted molar refractivity (Wildman–Crippen MR) is 78.3 cm³/mol. The molecule has 1 aromatic carbocycles. The third kappa shape index (κ3) is 5.52. The van der Waals surface area contributed by atoms with Crippen LogP contribution >= 0.6 is 0 Å². The second kappa shape index (κ2) is 8.58. The molecule has 0 aliphatic carbocycles. The second-order valence-corrected chi connectivity index (χ2v) is 5.41. The molecule has 2 atom stereocenters. The molecule has 1 unspecified atom stereocenters. The molecule has 0 spiro atoms. The molecule has 0 aliphatic heterocycles. The van der Waals surface area contributed by atoms with E-state index in [-0.39, 0.29) is 18.6 Å². The number of carbonyl (C=O) groups is 2. The lowest BCUT2D eigenvalue weighted by Gasteiger charge is -2.15. The summed E-state index contributed by atoms with van der Waals surface area (Å²) in [7, 11) is 0. The second-order valence-electron chi connectivity index (χ2n) is 5.41. The number of hydrogen-bond donors (Lipinski definition) is 2. The predicted octanol–water partition coefficient (Wildman–Crippen LogP) is 2.68. The van der Waals surface area contributed by atoms with Gasteiger partial charge in [-0.25, -0.2) is 8.78 Å². The monoisotopic (exact) mass is 313 g/mol. The standard InChI is InChI=1S/C16H21F2NO3/c1-2-3-4-14(19)15(20)9-11(16(21)22)7-10-5-6-12(17)13(18)8-10/h5-6,8,11,14H,2-4,7,9,19H2,1H3,(H,21,22)/t11?,14-/m0/s1. The van der Waals surface area contributed by atoms with Crippen molar-refractivity contribution < 1.29 is 23.5 Å². The van der Waals surface area contributed by atoms with E-state index >= 15 is 0 Å². The van der Waals surface area contributed by atoms with Crippen molar-refractivity contribution in [2.24, 2.45) is 11.7 Å². The Morgan fingerprint density at radius 2 is 1.95 bits per heavy atom. The van der Waals surface area contributed by atoms with Gasteiger partial charge >= 0.3 is 5.97 Å². The Morgan fingerprint density at radius 1 is 1.27 bits per heavy atom. The zero-order valence-electron chi connectivity index (χ0n) is 12.5. The van der Waals surface area contributed by atoms with Crippen molar-refractivity contribution in [2.45, 2.75) is 45.1 Å². The van der Waals surface area contributed by atoms with Gasteiger partial charge in [0, 0.05) is 6.42 Å². The average Bonchev–Trinajstić information content (AvgIpc) is 2.47. The number of hydrogen-bond acceptors (Lipinski definition) is 3. The molecule has 6 heteroatoms. The maximum atomic E-state index is 13.2. The van der Waals surface area contributed by atoms with E-state index in [1.165, 1.54) is 6.07 Å². The lowest BCUT2D eigenvalue weighted by molar-refractivity contribution is -0.143. The number of halogens is 2. The molecule has 0 saturated heterocycles. The summed E-state index contributed by atoms with van der Waals surface area (Å²) in [5.74, 6) is -4.49. The molecule has 1 rings (SSSR count). The normalized spacial score (nSPS) is 13.6. The summed E-state index contributed by atoms with van der Waals surface area (Å²) in [5, 5.41) is 9.20. The fraction of sp³-hybridized carbons (Fsp3) is 0.500. The molecular weight excluding hydrogens is 292 g/mol. The van der Waals surface area contributed by atoms with Gasteiger partial charge in [0.2, 0.25) is 0 Å². The quantitative estimate of drug-likeness (QED) is 0.734. The lowest BCUT2D eigenvalue weighted by atomic mass is 9.91. The van der Waals surface area contributed by atoms with E-state index < -0.39 is 29.6 Å². The zero-order chi connectivity index (χ0) is 16.7. The van der Waals surface area contributed by atoms with Gasteiger partial charge < -0.3 is 10.8 Å². The molecule has 0 bridgehead atoms. The fourth-order valence-electron chi connectivity index (χ4n) is 2.18. The summed E-state index contributed by atoms with van der Waals surface area (Å²) in [5.41, 5.74) is 6.07. The first kappa shape index (κ1) is 18.2. The van der Waals surface area contributed by atoms with Crippen molar-refractivity contribution in [1.29, 1.82) is 0 Å². The number of unbranched alkanes of at least 4 members (excludes halogenated alkanes) is 1. The minimum Gasteiger partial charge on any atom is -0.481 e. The van der Waals surface area contributed by atoms with Gasteiger partial charge in [-0.3, -0.25) is 9.59 Å². The van der Waals surface area contributed by atoms with Crippen LogP contribution in [0.25, 0.3) is 0 Å². The van der Waals surface area contributed by atoms with Crippen LogP contribution in [0.2, 0.25) is 0 Å². The Morgan fingerprint density at radius 3 is 2.50 bits per heavy atom. The molecule has 0 aliphatic rings. The van der Waals surface area contributed by atoms with Crippen molar-refractivity contribution in [3.63, 3.8) is 0 Å². The Hall–Kier alpha value is -1.82. The number of rotatable bonds is 9. The molecule has 0 amide bonds. The molecule has 0 radical (unpaired) electrons. The van der Waals surface area contributed by atoms with Crippen molar-refractivity contribution in [2.75, 3.05) is 0 Å². The molecular formula is C16H21F2NO3. The van der Waals surface area contributed by atoms with E-state index in [2.05, 4.69) is 0 Å². The van der Waals surface area contributed by atoms with Crippen molar-refractivity contribution in [3.8, 4) is 0 Å². The molecule has 22 heavy (non-hydrogen) atoms. The molecule has 0 saturated carbocycles. The molecule has 4 nitrogen and oxygen atoms in total. The van der Waals surface area contributed by atoms with Gasteiger partial charge in [0.05, 0.1) is 12.0 Å². The van der Waals surface area contributed by atoms with Gasteiger partial charge in [0.1, 0.15) is 5.78 Å². The van der Waals surface area contributed by atoms with Crippen LogP contribution in [-0.4, -0.2) is 22.9 Å². The number of Topliss-reactive ketones (excluding diaryl/α,β-unsaturated/α-hetero) is 1. The number of nitrogens with two attached hydrogens (primary N) is 1. The van der Waals surface area contributed by atoms with Crippen molar-refractivity contribution in [3.05, 3.63) is 35.4 Å².